The maximum atomic E-state index is 13.9. The number of Topliss-reactive ketones (excluding diaryl/α,β-unsaturated/α-hetero) is 1. The number of allylic oxidation sites excluding steroid dienone is 7. The minimum atomic E-state index is -0.621. The molecule has 42 heavy (non-hydrogen) atoms. The highest BCUT2D eigenvalue weighted by atomic mass is 16.5. The van der Waals surface area contributed by atoms with Crippen molar-refractivity contribution in [3.63, 3.8) is 0 Å². The quantitative estimate of drug-likeness (QED) is 0.326. The number of nitrogens with zero attached hydrogens (tertiary/aromatic N) is 1. The lowest BCUT2D eigenvalue weighted by Gasteiger charge is -2.43. The molecule has 0 radical (unpaired) electrons. The molecule has 2 N–H and O–H groups in total. The Morgan fingerprint density at radius 2 is 1.71 bits per heavy atom. The van der Waals surface area contributed by atoms with Gasteiger partial charge in [-0.3, -0.25) is 24.1 Å². The Kier molecular flexibility index (Phi) is 6.04. The fourth-order valence-corrected chi connectivity index (χ4v) is 7.38. The van der Waals surface area contributed by atoms with Crippen LogP contribution >= 0.6 is 0 Å². The molecule has 0 aromatic heterocycles. The van der Waals surface area contributed by atoms with Crippen molar-refractivity contribution in [2.24, 2.45) is 23.7 Å². The third-order valence-electron chi connectivity index (χ3n) is 9.36. The predicted molar refractivity (Wildman–Crippen MR) is 151 cm³/mol. The number of rotatable bonds is 4. The van der Waals surface area contributed by atoms with Crippen LogP contribution in [0.25, 0.3) is 0 Å². The highest BCUT2D eigenvalue weighted by molar-refractivity contribution is 6.23. The van der Waals surface area contributed by atoms with Gasteiger partial charge in [-0.1, -0.05) is 23.8 Å². The number of ether oxygens (including phenoxy) is 1. The normalized spacial score (nSPS) is 26.5. The smallest absolute Gasteiger partial charge is 0.233 e. The molecular formula is C34H29NO7. The van der Waals surface area contributed by atoms with Crippen molar-refractivity contribution in [2.45, 2.75) is 32.6 Å². The Balaban J connectivity index is 1.25. The van der Waals surface area contributed by atoms with Gasteiger partial charge in [0.1, 0.15) is 17.2 Å². The van der Waals surface area contributed by atoms with Gasteiger partial charge in [0.15, 0.2) is 11.6 Å². The molecule has 0 bridgehead atoms. The molecule has 7 rings (SSSR count). The topological polar surface area (TPSA) is 121 Å². The largest absolute Gasteiger partial charge is 0.508 e. The van der Waals surface area contributed by atoms with E-state index in [0.717, 1.165) is 22.3 Å². The van der Waals surface area contributed by atoms with E-state index in [2.05, 4.69) is 0 Å². The second-order valence-electron chi connectivity index (χ2n) is 11.8. The zero-order valence-electron chi connectivity index (χ0n) is 23.0. The van der Waals surface area contributed by atoms with Gasteiger partial charge in [-0.2, -0.15) is 0 Å². The number of fused-ring (bicyclic) bond motifs is 4. The molecule has 0 unspecified atom stereocenters. The lowest BCUT2D eigenvalue weighted by molar-refractivity contribution is -0.140. The van der Waals surface area contributed by atoms with Crippen LogP contribution in [0.5, 0.6) is 17.2 Å². The molecule has 1 fully saturated rings. The van der Waals surface area contributed by atoms with Crippen LogP contribution in [-0.2, 0) is 32.0 Å². The number of phenolic OH excluding ortho intramolecular Hbond substituents is 2. The van der Waals surface area contributed by atoms with Gasteiger partial charge in [0.05, 0.1) is 18.1 Å². The van der Waals surface area contributed by atoms with Crippen molar-refractivity contribution in [2.75, 3.05) is 6.54 Å². The molecule has 2 amide bonds. The maximum absolute atomic E-state index is 13.9. The van der Waals surface area contributed by atoms with Gasteiger partial charge in [0, 0.05) is 41.2 Å². The van der Waals surface area contributed by atoms with Gasteiger partial charge in [-0.25, -0.2) is 0 Å². The molecule has 8 nitrogen and oxygen atoms in total. The first-order valence-corrected chi connectivity index (χ1v) is 14.2. The van der Waals surface area contributed by atoms with Gasteiger partial charge in [-0.15, -0.1) is 0 Å². The number of likely N-dealkylation sites (tertiary alicyclic amines) is 1. The van der Waals surface area contributed by atoms with E-state index in [1.165, 1.54) is 11.0 Å². The minimum absolute atomic E-state index is 0.102. The Bertz CT molecular complexity index is 1710. The first-order chi connectivity index (χ1) is 20.2. The number of benzene rings is 2. The van der Waals surface area contributed by atoms with Crippen molar-refractivity contribution in [3.05, 3.63) is 99.9 Å². The Hall–Kier alpha value is -4.72. The van der Waals surface area contributed by atoms with Gasteiger partial charge in [-0.05, 0) is 79.6 Å². The lowest BCUT2D eigenvalue weighted by atomic mass is 9.58. The van der Waals surface area contributed by atoms with Crippen LogP contribution in [0.2, 0.25) is 0 Å². The molecule has 0 spiro atoms. The fourth-order valence-electron chi connectivity index (χ4n) is 7.38. The van der Waals surface area contributed by atoms with E-state index in [1.807, 2.05) is 6.08 Å². The molecule has 8 heteroatoms. The number of carbonyl (C=O) groups is 4. The summed E-state index contributed by atoms with van der Waals surface area (Å²) in [6.07, 6.45) is 6.48. The average molecular weight is 564 g/mol. The summed E-state index contributed by atoms with van der Waals surface area (Å²) in [5, 5.41) is 19.7. The third-order valence-corrected chi connectivity index (χ3v) is 9.36. The molecule has 2 heterocycles. The maximum Gasteiger partial charge on any atom is 0.233 e. The molecule has 2 aromatic carbocycles. The molecule has 212 valence electrons. The van der Waals surface area contributed by atoms with E-state index < -0.39 is 23.7 Å². The van der Waals surface area contributed by atoms with Crippen molar-refractivity contribution < 1.29 is 34.1 Å². The number of carbonyl (C=O) groups excluding carboxylic acids is 4. The molecule has 2 aromatic rings. The van der Waals surface area contributed by atoms with Crippen molar-refractivity contribution in [1.29, 1.82) is 0 Å². The Morgan fingerprint density at radius 1 is 0.952 bits per heavy atom. The highest BCUT2D eigenvalue weighted by Crippen LogP contribution is 2.54. The molecule has 4 atom stereocenters. The van der Waals surface area contributed by atoms with Crippen LogP contribution in [0.1, 0.15) is 30.9 Å². The predicted octanol–water partition coefficient (Wildman–Crippen LogP) is 4.12. The van der Waals surface area contributed by atoms with Crippen LogP contribution in [0.4, 0.5) is 0 Å². The molecule has 3 aliphatic carbocycles. The summed E-state index contributed by atoms with van der Waals surface area (Å²) in [7, 11) is 0. The highest BCUT2D eigenvalue weighted by Gasteiger charge is 2.56. The van der Waals surface area contributed by atoms with E-state index >= 15 is 0 Å². The summed E-state index contributed by atoms with van der Waals surface area (Å²) < 4.78 is 5.93. The van der Waals surface area contributed by atoms with E-state index in [-0.39, 0.29) is 47.8 Å². The number of aromatic hydroxyl groups is 2. The summed E-state index contributed by atoms with van der Waals surface area (Å²) in [4.78, 5) is 55.8. The number of amides is 2. The molecule has 2 aliphatic heterocycles. The van der Waals surface area contributed by atoms with Crippen molar-refractivity contribution >= 4 is 23.4 Å². The number of hydrogen-bond acceptors (Lipinski definition) is 7. The fraction of sp³-hybridized carbons (Fsp3) is 0.294. The van der Waals surface area contributed by atoms with E-state index in [4.69, 9.17) is 4.74 Å². The van der Waals surface area contributed by atoms with Crippen LogP contribution in [-0.4, -0.2) is 45.0 Å². The van der Waals surface area contributed by atoms with Gasteiger partial charge < -0.3 is 14.9 Å². The first kappa shape index (κ1) is 26.2. The van der Waals surface area contributed by atoms with Crippen LogP contribution in [0.15, 0.2) is 88.7 Å². The summed E-state index contributed by atoms with van der Waals surface area (Å²) in [6, 6.07) is 11.6. The van der Waals surface area contributed by atoms with Crippen LogP contribution in [0.3, 0.4) is 0 Å². The molecule has 5 aliphatic rings. The number of hydrogen-bond donors (Lipinski definition) is 2. The lowest BCUT2D eigenvalue weighted by Crippen LogP contribution is -2.41. The summed E-state index contributed by atoms with van der Waals surface area (Å²) in [5.74, 6) is -2.12. The Labute approximate surface area is 242 Å². The minimum Gasteiger partial charge on any atom is -0.508 e. The zero-order chi connectivity index (χ0) is 29.3. The van der Waals surface area contributed by atoms with E-state index in [0.29, 0.717) is 41.7 Å². The second-order valence-corrected chi connectivity index (χ2v) is 11.8. The van der Waals surface area contributed by atoms with Crippen LogP contribution < -0.4 is 4.74 Å². The second kappa shape index (κ2) is 9.69. The standard InChI is InChI=1S/C34H29NO7/c1-17-12-27(38)31-26(32(17)39)15-25-23(29(31)20-13-19-14-22(37)6-9-28(19)42-16-20)7-8-24-30(25)34(41)35(33(24)40)11-10-18-2-4-21(36)5-3-18/h2-7,9,12,14,16,24-25,29-30,36-37H,8,10-11,13,15H2,1H3/t24-,25+,29-,30-/m0/s1. The number of imide groups is 1. The number of ketones is 2. The van der Waals surface area contributed by atoms with Crippen molar-refractivity contribution in [1.82, 2.24) is 4.90 Å². The van der Waals surface area contributed by atoms with Crippen LogP contribution in [0, 0.1) is 23.7 Å². The van der Waals surface area contributed by atoms with E-state index in [1.54, 1.807) is 55.7 Å². The molecular weight excluding hydrogens is 534 g/mol. The molecule has 1 saturated heterocycles. The average Bonchev–Trinajstić information content (AvgIpc) is 3.23. The zero-order valence-corrected chi connectivity index (χ0v) is 23.0. The van der Waals surface area contributed by atoms with Gasteiger partial charge in [0.25, 0.3) is 0 Å². The van der Waals surface area contributed by atoms with Crippen molar-refractivity contribution in [3.8, 4) is 17.2 Å². The first-order valence-electron chi connectivity index (χ1n) is 14.2. The number of phenols is 2. The van der Waals surface area contributed by atoms with E-state index in [9.17, 15) is 29.4 Å². The third kappa shape index (κ3) is 4.04. The summed E-state index contributed by atoms with van der Waals surface area (Å²) in [6.45, 7) is 1.86. The monoisotopic (exact) mass is 563 g/mol. The Morgan fingerprint density at radius 3 is 2.50 bits per heavy atom. The SMILES string of the molecule is CC1=CC(=O)C2=C(C[C@@H]3C(=CC[C@@H]4C(=O)N(CCc5ccc(O)cc5)C(=O)[C@@H]43)[C@@H]2C2=COc3ccc(O)cc3C2)C1=O. The summed E-state index contributed by atoms with van der Waals surface area (Å²) in [5.41, 5.74) is 4.52. The van der Waals surface area contributed by atoms with Gasteiger partial charge >= 0.3 is 0 Å². The summed E-state index contributed by atoms with van der Waals surface area (Å²) >= 11 is 0. The van der Waals surface area contributed by atoms with Gasteiger partial charge in [0.2, 0.25) is 11.8 Å². The molecule has 0 saturated carbocycles.